The number of hydrogen-bond donors (Lipinski definition) is 3. The van der Waals surface area contributed by atoms with Crippen molar-refractivity contribution in [2.75, 3.05) is 13.1 Å². The highest BCUT2D eigenvalue weighted by Gasteiger charge is 2.49. The van der Waals surface area contributed by atoms with E-state index in [9.17, 15) is 29.1 Å². The zero-order valence-electron chi connectivity index (χ0n) is 27.7. The molecule has 3 aromatic carbocycles. The number of aliphatic carboxylic acids is 1. The number of amides is 3. The van der Waals surface area contributed by atoms with Crippen LogP contribution < -0.4 is 16.2 Å². The number of carboxylic acids is 1. The summed E-state index contributed by atoms with van der Waals surface area (Å²) in [6, 6.07) is 27.1. The second kappa shape index (κ2) is 16.3. The minimum atomic E-state index is -1.25. The van der Waals surface area contributed by atoms with E-state index in [1.165, 1.54) is 10.6 Å². The van der Waals surface area contributed by atoms with Crippen molar-refractivity contribution in [3.05, 3.63) is 141 Å². The number of fused-ring (bicyclic) bond motifs is 1. The van der Waals surface area contributed by atoms with Gasteiger partial charge in [-0.1, -0.05) is 84.9 Å². The van der Waals surface area contributed by atoms with Gasteiger partial charge in [0, 0.05) is 32.4 Å². The molecule has 6 rings (SSSR count). The predicted octanol–water partition coefficient (Wildman–Crippen LogP) is 4.14. The molecule has 3 atom stereocenters. The predicted molar refractivity (Wildman–Crippen MR) is 200 cm³/mol. The lowest BCUT2D eigenvalue weighted by Gasteiger charge is -2.43. The van der Waals surface area contributed by atoms with Gasteiger partial charge in [0.2, 0.25) is 11.8 Å². The lowest BCUT2D eigenvalue weighted by Crippen LogP contribution is -2.52. The Kier molecular flexibility index (Phi) is 12.4. The van der Waals surface area contributed by atoms with Crippen LogP contribution in [0.25, 0.3) is 0 Å². The highest BCUT2D eigenvalue weighted by molar-refractivity contribution is 7.59. The van der Waals surface area contributed by atoms with E-state index in [-0.39, 0.29) is 50.1 Å². The van der Waals surface area contributed by atoms with Crippen molar-refractivity contribution in [2.24, 2.45) is 7.05 Å². The number of carboxylic acid groups (broad SMARTS) is 1. The van der Waals surface area contributed by atoms with Crippen molar-refractivity contribution in [1.82, 2.24) is 20.1 Å². The van der Waals surface area contributed by atoms with Gasteiger partial charge in [-0.2, -0.15) is 27.0 Å². The third-order valence-electron chi connectivity index (χ3n) is 9.72. The Morgan fingerprint density at radius 2 is 1.44 bits per heavy atom. The molecule has 2 heterocycles. The van der Waals surface area contributed by atoms with Crippen molar-refractivity contribution in [2.45, 2.75) is 49.1 Å². The fraction of sp³-hybridized carbons (Fsp3) is 0.289. The molecule has 1 aliphatic heterocycles. The molecule has 12 heteroatoms. The van der Waals surface area contributed by atoms with E-state index in [0.717, 1.165) is 11.1 Å². The minimum absolute atomic E-state index is 0. The fourth-order valence-electron chi connectivity index (χ4n) is 7.17. The Bertz CT molecular complexity index is 1900. The molecule has 3 N–H and O–H groups in total. The number of carbonyl (C=O) groups excluding carboxylic acids is 3. The number of nitrogens with one attached hydrogen (secondary N) is 2. The zero-order chi connectivity index (χ0) is 33.8. The summed E-state index contributed by atoms with van der Waals surface area (Å²) in [5.41, 5.74) is 1.12. The van der Waals surface area contributed by atoms with Crippen molar-refractivity contribution >= 4 is 50.7 Å². The molecule has 4 aromatic rings. The van der Waals surface area contributed by atoms with Crippen molar-refractivity contribution in [3.63, 3.8) is 0 Å². The van der Waals surface area contributed by atoms with Gasteiger partial charge >= 0.3 is 5.97 Å². The van der Waals surface area contributed by atoms with Gasteiger partial charge in [0.15, 0.2) is 6.04 Å². The molecule has 0 radical (unpaired) electrons. The van der Waals surface area contributed by atoms with E-state index in [1.54, 1.807) is 49.6 Å². The molecule has 2 aliphatic rings. The van der Waals surface area contributed by atoms with E-state index in [0.29, 0.717) is 49.9 Å². The lowest BCUT2D eigenvalue weighted by atomic mass is 9.62. The number of aromatic nitrogens is 1. The number of benzene rings is 3. The smallest absolute Gasteiger partial charge is 0.330 e. The van der Waals surface area contributed by atoms with Gasteiger partial charge in [0.25, 0.3) is 11.5 Å². The normalized spacial score (nSPS) is 19.1. The Balaban J connectivity index is 0.00000281. The summed E-state index contributed by atoms with van der Waals surface area (Å²) >= 11 is 0. The highest BCUT2D eigenvalue weighted by atomic mass is 32.1. The monoisotopic (exact) mass is 714 g/mol. The second-order valence-corrected chi connectivity index (χ2v) is 12.5. The minimum Gasteiger partial charge on any atom is -0.479 e. The number of aryl methyl sites for hydroxylation is 1. The van der Waals surface area contributed by atoms with Gasteiger partial charge in [-0.25, -0.2) is 4.79 Å². The maximum atomic E-state index is 14.5. The van der Waals surface area contributed by atoms with Gasteiger partial charge in [0.05, 0.1) is 11.3 Å². The van der Waals surface area contributed by atoms with Crippen LogP contribution in [-0.2, 0) is 26.8 Å². The summed E-state index contributed by atoms with van der Waals surface area (Å²) in [6.45, 7) is 0.883. The average Bonchev–Trinajstić information content (AvgIpc) is 3.11. The third-order valence-corrected chi connectivity index (χ3v) is 9.72. The fourth-order valence-corrected chi connectivity index (χ4v) is 7.17. The number of carbonyl (C=O) groups is 4. The molecule has 0 bridgehead atoms. The van der Waals surface area contributed by atoms with Crippen LogP contribution in [0.1, 0.15) is 70.3 Å². The van der Waals surface area contributed by atoms with Crippen molar-refractivity contribution < 1.29 is 24.3 Å². The van der Waals surface area contributed by atoms with Gasteiger partial charge in [-0.15, -0.1) is 0 Å². The van der Waals surface area contributed by atoms with E-state index >= 15 is 0 Å². The van der Waals surface area contributed by atoms with Crippen LogP contribution in [0.3, 0.4) is 0 Å². The molecule has 0 spiro atoms. The van der Waals surface area contributed by atoms with Crippen LogP contribution in [0.4, 0.5) is 0 Å². The number of hydrogen-bond acceptors (Lipinski definition) is 5. The topological polar surface area (TPSA) is 138 Å². The molecule has 0 unspecified atom stereocenters. The summed E-state index contributed by atoms with van der Waals surface area (Å²) in [5.74, 6) is -2.56. The first-order chi connectivity index (χ1) is 23.2. The summed E-state index contributed by atoms with van der Waals surface area (Å²) in [6.07, 6.45) is 3.38. The van der Waals surface area contributed by atoms with Crippen molar-refractivity contribution in [3.8, 4) is 0 Å². The van der Waals surface area contributed by atoms with E-state index in [1.807, 2.05) is 59.5 Å². The molecule has 50 heavy (non-hydrogen) atoms. The quantitative estimate of drug-likeness (QED) is 0.251. The zero-order valence-corrected chi connectivity index (χ0v) is 29.7. The molecule has 0 saturated carbocycles. The van der Waals surface area contributed by atoms with Crippen LogP contribution >= 0.6 is 27.0 Å². The first-order valence-electron chi connectivity index (χ1n) is 16.2. The molecule has 262 valence electrons. The standard InChI is InChI=1S/C38H38N4O6.2H2S/c1-41-22-10-16-30(34(41)44)33(43)39-27-19-23-42(24-20-27)35(45)29-18-21-38(26-13-6-3-7-14-26,31-17-9-8-15-28(29)31)37(48)40-32(36(46)47)25-11-4-2-5-12-25;;/h2-17,22,27,29,32H,18-21,23-24H2,1H3,(H,39,43)(H,40,48)(H,46,47);2*1H2/t29-,32-,38+;;/m0../s1. The SMILES string of the molecule is Cn1cccc(C(=O)NC2CCN(C(=O)[C@H]3CC[C@@](C(=O)N[C@H](C(=O)O)c4ccccc4)(c4ccccc4)c4ccccc43)CC2)c1=O.S.S. The summed E-state index contributed by atoms with van der Waals surface area (Å²) < 4.78 is 1.36. The average molecular weight is 715 g/mol. The van der Waals surface area contributed by atoms with Gasteiger partial charge in [0.1, 0.15) is 5.56 Å². The summed E-state index contributed by atoms with van der Waals surface area (Å²) in [5, 5.41) is 15.9. The Morgan fingerprint density at radius 3 is 2.10 bits per heavy atom. The van der Waals surface area contributed by atoms with E-state index < -0.39 is 35.2 Å². The van der Waals surface area contributed by atoms with Crippen LogP contribution in [0.5, 0.6) is 0 Å². The van der Waals surface area contributed by atoms with Crippen LogP contribution in [0, 0.1) is 0 Å². The number of piperidine rings is 1. The molecule has 1 aromatic heterocycles. The van der Waals surface area contributed by atoms with Crippen LogP contribution in [-0.4, -0.2) is 57.4 Å². The number of likely N-dealkylation sites (tertiary alicyclic amines) is 1. The molecule has 10 nitrogen and oxygen atoms in total. The number of pyridine rings is 1. The molecule has 1 saturated heterocycles. The molecular weight excluding hydrogens is 673 g/mol. The molecular formula is C38H42N4O6S2. The highest BCUT2D eigenvalue weighted by Crippen LogP contribution is 2.48. The third kappa shape index (κ3) is 7.36. The first-order valence-corrected chi connectivity index (χ1v) is 16.2. The second-order valence-electron chi connectivity index (χ2n) is 12.5. The Labute approximate surface area is 304 Å². The van der Waals surface area contributed by atoms with Crippen LogP contribution in [0.2, 0.25) is 0 Å². The maximum Gasteiger partial charge on any atom is 0.330 e. The molecule has 1 fully saturated rings. The Hall–Kier alpha value is -4.81. The molecule has 1 aliphatic carbocycles. The Morgan fingerprint density at radius 1 is 0.820 bits per heavy atom. The van der Waals surface area contributed by atoms with Crippen molar-refractivity contribution in [1.29, 1.82) is 0 Å². The largest absolute Gasteiger partial charge is 0.479 e. The van der Waals surface area contributed by atoms with Gasteiger partial charge < -0.3 is 25.2 Å². The lowest BCUT2D eigenvalue weighted by molar-refractivity contribution is -0.143. The van der Waals surface area contributed by atoms with Gasteiger partial charge in [-0.3, -0.25) is 19.2 Å². The number of nitrogens with zero attached hydrogens (tertiary/aromatic N) is 2. The summed E-state index contributed by atoms with van der Waals surface area (Å²) in [4.78, 5) is 68.1. The summed E-state index contributed by atoms with van der Waals surface area (Å²) in [7, 11) is 1.60. The van der Waals surface area contributed by atoms with E-state index in [4.69, 9.17) is 0 Å². The maximum absolute atomic E-state index is 14.5. The van der Waals surface area contributed by atoms with Crippen LogP contribution in [0.15, 0.2) is 108 Å². The van der Waals surface area contributed by atoms with Gasteiger partial charge in [-0.05, 0) is 60.1 Å². The number of rotatable bonds is 8. The molecule has 3 amide bonds. The first kappa shape index (κ1) is 38.0. The van der Waals surface area contributed by atoms with E-state index in [2.05, 4.69) is 10.6 Å².